The van der Waals surface area contributed by atoms with E-state index in [-0.39, 0.29) is 25.0 Å². The number of aliphatic carboxylic acids is 1. The van der Waals surface area contributed by atoms with Gasteiger partial charge in [-0.1, -0.05) is 13.8 Å². The molecule has 2 aliphatic heterocycles. The molecule has 0 aromatic rings. The van der Waals surface area contributed by atoms with Gasteiger partial charge in [-0.3, -0.25) is 9.69 Å². The molecule has 0 bridgehead atoms. The first-order valence-corrected chi connectivity index (χ1v) is 6.95. The molecule has 0 aromatic carbocycles. The summed E-state index contributed by atoms with van der Waals surface area (Å²) in [7, 11) is 0. The van der Waals surface area contributed by atoms with Gasteiger partial charge in [0.1, 0.15) is 12.6 Å². The third-order valence-electron chi connectivity index (χ3n) is 4.32. The second-order valence-corrected chi connectivity index (χ2v) is 5.76. The van der Waals surface area contributed by atoms with Crippen LogP contribution in [0.4, 0.5) is 4.79 Å². The van der Waals surface area contributed by atoms with Crippen LogP contribution in [0.15, 0.2) is 0 Å². The predicted octanol–water partition coefficient (Wildman–Crippen LogP) is -0.0307. The molecule has 0 spiro atoms. The molecule has 0 radical (unpaired) electrons. The fraction of sp³-hybridized carbons (Fsp3) is 0.769. The standard InChI is InChI=1S/C13H21N3O4/c1-8-3-4-15(6-9(8)2)13(20)16-7-11(17)14-5-10(16)12(18)19/h8-10H,3-7H2,1-2H3,(H,14,17)(H,18,19). The number of urea groups is 1. The van der Waals surface area contributed by atoms with Crippen LogP contribution in [0.5, 0.6) is 0 Å². The van der Waals surface area contributed by atoms with Crippen LogP contribution in [0.2, 0.25) is 0 Å². The van der Waals surface area contributed by atoms with Gasteiger partial charge in [0.2, 0.25) is 5.91 Å². The van der Waals surface area contributed by atoms with E-state index >= 15 is 0 Å². The number of carboxylic acid groups (broad SMARTS) is 1. The summed E-state index contributed by atoms with van der Waals surface area (Å²) in [6.07, 6.45) is 0.907. The highest BCUT2D eigenvalue weighted by molar-refractivity contribution is 5.90. The Hall–Kier alpha value is -1.79. The summed E-state index contributed by atoms with van der Waals surface area (Å²) in [5.41, 5.74) is 0. The maximum Gasteiger partial charge on any atom is 0.328 e. The van der Waals surface area contributed by atoms with Gasteiger partial charge in [-0.05, 0) is 18.3 Å². The van der Waals surface area contributed by atoms with E-state index in [1.807, 2.05) is 0 Å². The maximum atomic E-state index is 12.5. The summed E-state index contributed by atoms with van der Waals surface area (Å²) in [6, 6.07) is -1.32. The topological polar surface area (TPSA) is 90.0 Å². The van der Waals surface area contributed by atoms with E-state index in [2.05, 4.69) is 19.2 Å². The average molecular weight is 283 g/mol. The fourth-order valence-corrected chi connectivity index (χ4v) is 2.68. The van der Waals surface area contributed by atoms with Gasteiger partial charge in [0.15, 0.2) is 0 Å². The Labute approximate surface area is 117 Å². The molecule has 7 heteroatoms. The van der Waals surface area contributed by atoms with E-state index < -0.39 is 12.0 Å². The van der Waals surface area contributed by atoms with Crippen molar-refractivity contribution in [2.24, 2.45) is 11.8 Å². The monoisotopic (exact) mass is 283 g/mol. The molecule has 7 nitrogen and oxygen atoms in total. The van der Waals surface area contributed by atoms with Crippen LogP contribution in [0.3, 0.4) is 0 Å². The van der Waals surface area contributed by atoms with Crippen LogP contribution in [-0.2, 0) is 9.59 Å². The molecule has 2 N–H and O–H groups in total. The number of piperidine rings is 1. The largest absolute Gasteiger partial charge is 0.480 e. The van der Waals surface area contributed by atoms with E-state index in [1.54, 1.807) is 4.90 Å². The van der Waals surface area contributed by atoms with E-state index in [9.17, 15) is 19.5 Å². The van der Waals surface area contributed by atoms with E-state index in [4.69, 9.17) is 0 Å². The van der Waals surface area contributed by atoms with Gasteiger partial charge in [-0.2, -0.15) is 0 Å². The maximum absolute atomic E-state index is 12.5. The van der Waals surface area contributed by atoms with Crippen molar-refractivity contribution in [2.45, 2.75) is 26.3 Å². The molecule has 0 saturated carbocycles. The fourth-order valence-electron chi connectivity index (χ4n) is 2.68. The summed E-state index contributed by atoms with van der Waals surface area (Å²) in [6.45, 7) is 5.26. The number of rotatable bonds is 1. The highest BCUT2D eigenvalue weighted by Crippen LogP contribution is 2.23. The summed E-state index contributed by atoms with van der Waals surface area (Å²) >= 11 is 0. The highest BCUT2D eigenvalue weighted by atomic mass is 16.4. The molecule has 2 fully saturated rings. The second kappa shape index (κ2) is 5.68. The molecule has 2 rings (SSSR count). The lowest BCUT2D eigenvalue weighted by atomic mass is 9.89. The third-order valence-corrected chi connectivity index (χ3v) is 4.32. The quantitative estimate of drug-likeness (QED) is 0.707. The minimum atomic E-state index is -1.09. The number of carbonyl (C=O) groups is 3. The van der Waals surface area contributed by atoms with Crippen molar-refractivity contribution in [3.05, 3.63) is 0 Å². The Kier molecular flexibility index (Phi) is 4.15. The van der Waals surface area contributed by atoms with Gasteiger partial charge < -0.3 is 15.3 Å². The van der Waals surface area contributed by atoms with E-state index in [0.717, 1.165) is 6.42 Å². The number of carbonyl (C=O) groups excluding carboxylic acids is 2. The third kappa shape index (κ3) is 2.86. The zero-order valence-corrected chi connectivity index (χ0v) is 11.8. The number of nitrogens with zero attached hydrogens (tertiary/aromatic N) is 2. The molecule has 3 amide bonds. The van der Waals surface area contributed by atoms with Crippen molar-refractivity contribution in [2.75, 3.05) is 26.2 Å². The molecule has 2 saturated heterocycles. The van der Waals surface area contributed by atoms with Crippen molar-refractivity contribution in [1.82, 2.24) is 15.1 Å². The Bertz CT molecular complexity index is 426. The van der Waals surface area contributed by atoms with Crippen LogP contribution in [0.1, 0.15) is 20.3 Å². The van der Waals surface area contributed by atoms with Gasteiger partial charge in [0.25, 0.3) is 0 Å². The van der Waals surface area contributed by atoms with Gasteiger partial charge in [0, 0.05) is 19.6 Å². The molecule has 20 heavy (non-hydrogen) atoms. The number of likely N-dealkylation sites (tertiary alicyclic amines) is 1. The Morgan fingerprint density at radius 2 is 2.00 bits per heavy atom. The number of piperazine rings is 1. The van der Waals surface area contributed by atoms with Crippen LogP contribution >= 0.6 is 0 Å². The number of carboxylic acids is 1. The zero-order valence-electron chi connectivity index (χ0n) is 11.8. The number of hydrogen-bond acceptors (Lipinski definition) is 3. The molecule has 3 unspecified atom stereocenters. The lowest BCUT2D eigenvalue weighted by molar-refractivity contribution is -0.144. The lowest BCUT2D eigenvalue weighted by Crippen LogP contribution is -2.62. The lowest BCUT2D eigenvalue weighted by Gasteiger charge is -2.40. The molecule has 112 valence electrons. The number of amides is 3. The first-order valence-electron chi connectivity index (χ1n) is 6.95. The summed E-state index contributed by atoms with van der Waals surface area (Å²) in [5, 5.41) is 11.7. The predicted molar refractivity (Wildman–Crippen MR) is 71.1 cm³/mol. The van der Waals surface area contributed by atoms with Crippen molar-refractivity contribution < 1.29 is 19.5 Å². The molecular formula is C13H21N3O4. The molecule has 2 aliphatic rings. The van der Waals surface area contributed by atoms with Gasteiger partial charge in [0.05, 0.1) is 0 Å². The summed E-state index contributed by atoms with van der Waals surface area (Å²) in [5.74, 6) is -0.459. The molecular weight excluding hydrogens is 262 g/mol. The van der Waals surface area contributed by atoms with Gasteiger partial charge >= 0.3 is 12.0 Å². The van der Waals surface area contributed by atoms with E-state index in [0.29, 0.717) is 24.9 Å². The Balaban J connectivity index is 2.09. The van der Waals surface area contributed by atoms with E-state index in [1.165, 1.54) is 4.90 Å². The normalized spacial score (nSPS) is 30.9. The minimum Gasteiger partial charge on any atom is -0.480 e. The minimum absolute atomic E-state index is 0.0281. The van der Waals surface area contributed by atoms with Crippen LogP contribution in [0, 0.1) is 11.8 Å². The molecule has 0 aliphatic carbocycles. The zero-order chi connectivity index (χ0) is 14.9. The van der Waals surface area contributed by atoms with Gasteiger partial charge in [-0.25, -0.2) is 9.59 Å². The van der Waals surface area contributed by atoms with Crippen LogP contribution in [-0.4, -0.2) is 65.0 Å². The summed E-state index contributed by atoms with van der Waals surface area (Å²) in [4.78, 5) is 38.0. The van der Waals surface area contributed by atoms with Crippen molar-refractivity contribution in [3.63, 3.8) is 0 Å². The smallest absolute Gasteiger partial charge is 0.328 e. The average Bonchev–Trinajstić information content (AvgIpc) is 2.40. The SMILES string of the molecule is CC1CCN(C(=O)N2CC(=O)NCC2C(=O)O)CC1C. The highest BCUT2D eigenvalue weighted by Gasteiger charge is 2.38. The number of nitrogens with one attached hydrogen (secondary N) is 1. The summed E-state index contributed by atoms with van der Waals surface area (Å²) < 4.78 is 0. The van der Waals surface area contributed by atoms with Crippen molar-refractivity contribution in [3.8, 4) is 0 Å². The second-order valence-electron chi connectivity index (χ2n) is 5.76. The number of hydrogen-bond donors (Lipinski definition) is 2. The van der Waals surface area contributed by atoms with Crippen molar-refractivity contribution >= 4 is 17.9 Å². The molecule has 0 aromatic heterocycles. The Morgan fingerprint density at radius 3 is 2.60 bits per heavy atom. The van der Waals surface area contributed by atoms with Crippen LogP contribution in [0.25, 0.3) is 0 Å². The Morgan fingerprint density at radius 1 is 1.30 bits per heavy atom. The molecule has 3 atom stereocenters. The van der Waals surface area contributed by atoms with Crippen LogP contribution < -0.4 is 5.32 Å². The first kappa shape index (κ1) is 14.6. The van der Waals surface area contributed by atoms with Crippen molar-refractivity contribution in [1.29, 1.82) is 0 Å². The first-order chi connectivity index (χ1) is 9.40. The molecule has 2 heterocycles. The van der Waals surface area contributed by atoms with Gasteiger partial charge in [-0.15, -0.1) is 0 Å².